The molecule has 0 amide bonds. The number of aromatic nitrogens is 3. The van der Waals surface area contributed by atoms with Gasteiger partial charge >= 0.3 is 5.97 Å². The first kappa shape index (κ1) is 9.81. The highest BCUT2D eigenvalue weighted by Gasteiger charge is 2.43. The van der Waals surface area contributed by atoms with Gasteiger partial charge in [-0.1, -0.05) is 6.42 Å². The molecule has 1 N–H and O–H groups in total. The number of hydrogen-bond donors (Lipinski definition) is 1. The van der Waals surface area contributed by atoms with Crippen LogP contribution in [0.4, 0.5) is 0 Å². The van der Waals surface area contributed by atoms with Gasteiger partial charge in [-0.2, -0.15) is 10.3 Å². The molecule has 1 aromatic heterocycles. The highest BCUT2D eigenvalue weighted by molar-refractivity contribution is 5.88. The Morgan fingerprint density at radius 1 is 1.38 bits per heavy atom. The molecule has 2 aliphatic rings. The molecule has 16 heavy (non-hydrogen) atoms. The quantitative estimate of drug-likeness (QED) is 0.768. The number of rotatable bonds is 2. The van der Waals surface area contributed by atoms with E-state index in [1.807, 2.05) is 0 Å². The third-order valence-corrected chi connectivity index (χ3v) is 4.04. The second-order valence-corrected chi connectivity index (χ2v) is 4.83. The first-order chi connectivity index (χ1) is 7.79. The van der Waals surface area contributed by atoms with E-state index >= 15 is 0 Å². The minimum absolute atomic E-state index is 0.375. The largest absolute Gasteiger partial charge is 0.464 e. The Labute approximate surface area is 93.6 Å². The first-order valence-corrected chi connectivity index (χ1v) is 5.78. The first-order valence-electron chi connectivity index (χ1n) is 5.78. The topological polar surface area (TPSA) is 67.9 Å². The molecule has 0 aromatic carbocycles. The SMILES string of the molecule is COC(=O)c1n[nH]nc1C1CC2CCC1C2. The van der Waals surface area contributed by atoms with Crippen LogP contribution in [0.5, 0.6) is 0 Å². The van der Waals surface area contributed by atoms with Crippen LogP contribution in [0, 0.1) is 11.8 Å². The molecule has 2 bridgehead atoms. The van der Waals surface area contributed by atoms with Crippen molar-refractivity contribution in [2.45, 2.75) is 31.6 Å². The molecular weight excluding hydrogens is 206 g/mol. The Morgan fingerprint density at radius 3 is 2.88 bits per heavy atom. The molecule has 5 nitrogen and oxygen atoms in total. The zero-order valence-corrected chi connectivity index (χ0v) is 9.27. The molecule has 5 heteroatoms. The number of methoxy groups -OCH3 is 1. The second kappa shape index (κ2) is 3.57. The molecule has 0 aliphatic heterocycles. The van der Waals surface area contributed by atoms with E-state index in [2.05, 4.69) is 15.4 Å². The van der Waals surface area contributed by atoms with Crippen LogP contribution in [-0.2, 0) is 4.74 Å². The number of carbonyl (C=O) groups is 1. The van der Waals surface area contributed by atoms with Gasteiger partial charge < -0.3 is 4.74 Å². The van der Waals surface area contributed by atoms with Gasteiger partial charge in [0.1, 0.15) is 5.69 Å². The Hall–Kier alpha value is -1.39. The summed E-state index contributed by atoms with van der Waals surface area (Å²) in [5, 5.41) is 10.6. The average Bonchev–Trinajstić information content (AvgIpc) is 3.01. The van der Waals surface area contributed by atoms with E-state index in [4.69, 9.17) is 4.74 Å². The molecular formula is C11H15N3O2. The zero-order chi connectivity index (χ0) is 11.1. The fourth-order valence-corrected chi connectivity index (χ4v) is 3.32. The highest BCUT2D eigenvalue weighted by Crippen LogP contribution is 2.52. The van der Waals surface area contributed by atoms with E-state index in [0.29, 0.717) is 17.5 Å². The van der Waals surface area contributed by atoms with Gasteiger partial charge in [0.15, 0.2) is 5.69 Å². The van der Waals surface area contributed by atoms with Crippen LogP contribution in [0.1, 0.15) is 47.8 Å². The smallest absolute Gasteiger partial charge is 0.360 e. The van der Waals surface area contributed by atoms with E-state index in [-0.39, 0.29) is 5.97 Å². The van der Waals surface area contributed by atoms with E-state index in [1.54, 1.807) is 0 Å². The maximum atomic E-state index is 11.5. The van der Waals surface area contributed by atoms with Crippen molar-refractivity contribution in [1.82, 2.24) is 15.4 Å². The summed E-state index contributed by atoms with van der Waals surface area (Å²) >= 11 is 0. The molecule has 0 radical (unpaired) electrons. The third kappa shape index (κ3) is 1.34. The van der Waals surface area contributed by atoms with Crippen LogP contribution >= 0.6 is 0 Å². The van der Waals surface area contributed by atoms with Crippen LogP contribution in [-0.4, -0.2) is 28.5 Å². The molecule has 3 atom stereocenters. The fraction of sp³-hybridized carbons (Fsp3) is 0.727. The van der Waals surface area contributed by atoms with Gasteiger partial charge in [0.05, 0.1) is 7.11 Å². The fourth-order valence-electron chi connectivity index (χ4n) is 3.32. The number of carbonyl (C=O) groups excluding carboxylic acids is 1. The van der Waals surface area contributed by atoms with Gasteiger partial charge in [0.2, 0.25) is 0 Å². The Morgan fingerprint density at radius 2 is 2.25 bits per heavy atom. The summed E-state index contributed by atoms with van der Waals surface area (Å²) in [6.07, 6.45) is 5.05. The molecule has 3 rings (SSSR count). The number of esters is 1. The highest BCUT2D eigenvalue weighted by atomic mass is 16.5. The molecule has 86 valence electrons. The Bertz CT molecular complexity index is 415. The lowest BCUT2D eigenvalue weighted by molar-refractivity contribution is 0.0591. The van der Waals surface area contributed by atoms with Crippen molar-refractivity contribution in [2.24, 2.45) is 11.8 Å². The van der Waals surface area contributed by atoms with Crippen molar-refractivity contribution in [2.75, 3.05) is 7.11 Å². The molecule has 0 spiro atoms. The van der Waals surface area contributed by atoms with E-state index in [0.717, 1.165) is 18.0 Å². The van der Waals surface area contributed by atoms with Crippen LogP contribution in [0.15, 0.2) is 0 Å². The number of fused-ring (bicyclic) bond motifs is 2. The van der Waals surface area contributed by atoms with Gasteiger partial charge in [-0.05, 0) is 31.1 Å². The van der Waals surface area contributed by atoms with Crippen molar-refractivity contribution in [3.63, 3.8) is 0 Å². The Kier molecular flexibility index (Phi) is 2.19. The maximum absolute atomic E-state index is 11.5. The van der Waals surface area contributed by atoms with E-state index in [1.165, 1.54) is 26.4 Å². The summed E-state index contributed by atoms with van der Waals surface area (Å²) in [5.41, 5.74) is 1.19. The lowest BCUT2D eigenvalue weighted by atomic mass is 9.85. The van der Waals surface area contributed by atoms with Gasteiger partial charge in [-0.25, -0.2) is 4.79 Å². The summed E-state index contributed by atoms with van der Waals surface area (Å²) in [6.45, 7) is 0. The lowest BCUT2D eigenvalue weighted by Gasteiger charge is -2.19. The minimum Gasteiger partial charge on any atom is -0.464 e. The molecule has 2 fully saturated rings. The molecule has 0 saturated heterocycles. The van der Waals surface area contributed by atoms with Gasteiger partial charge in [-0.3, -0.25) is 0 Å². The zero-order valence-electron chi connectivity index (χ0n) is 9.27. The predicted molar refractivity (Wildman–Crippen MR) is 55.9 cm³/mol. The van der Waals surface area contributed by atoms with Gasteiger partial charge in [-0.15, -0.1) is 5.10 Å². The molecule has 3 unspecified atom stereocenters. The van der Waals surface area contributed by atoms with Crippen LogP contribution in [0.3, 0.4) is 0 Å². The van der Waals surface area contributed by atoms with Crippen molar-refractivity contribution in [3.8, 4) is 0 Å². The molecule has 1 aromatic rings. The van der Waals surface area contributed by atoms with Crippen LogP contribution in [0.25, 0.3) is 0 Å². The van der Waals surface area contributed by atoms with Crippen molar-refractivity contribution in [1.29, 1.82) is 0 Å². The van der Waals surface area contributed by atoms with Crippen molar-refractivity contribution >= 4 is 5.97 Å². The number of H-pyrrole nitrogens is 1. The molecule has 1 heterocycles. The number of aromatic amines is 1. The van der Waals surface area contributed by atoms with E-state index < -0.39 is 0 Å². The van der Waals surface area contributed by atoms with Gasteiger partial charge in [0, 0.05) is 5.92 Å². The summed E-state index contributed by atoms with van der Waals surface area (Å²) in [6, 6.07) is 0. The molecule has 2 saturated carbocycles. The van der Waals surface area contributed by atoms with E-state index in [9.17, 15) is 4.79 Å². The minimum atomic E-state index is -0.383. The van der Waals surface area contributed by atoms with Crippen LogP contribution in [0.2, 0.25) is 0 Å². The number of nitrogens with one attached hydrogen (secondary N) is 1. The van der Waals surface area contributed by atoms with Crippen molar-refractivity contribution < 1.29 is 9.53 Å². The summed E-state index contributed by atoms with van der Waals surface area (Å²) in [7, 11) is 1.38. The maximum Gasteiger partial charge on any atom is 0.360 e. The second-order valence-electron chi connectivity index (χ2n) is 4.83. The molecule has 2 aliphatic carbocycles. The summed E-state index contributed by atoms with van der Waals surface area (Å²) < 4.78 is 4.71. The Balaban J connectivity index is 1.89. The third-order valence-electron chi connectivity index (χ3n) is 4.04. The van der Waals surface area contributed by atoms with Crippen molar-refractivity contribution in [3.05, 3.63) is 11.4 Å². The summed E-state index contributed by atoms with van der Waals surface area (Å²) in [5.74, 6) is 1.55. The monoisotopic (exact) mass is 221 g/mol. The predicted octanol–water partition coefficient (Wildman–Crippen LogP) is 1.49. The number of hydrogen-bond acceptors (Lipinski definition) is 4. The normalized spacial score (nSPS) is 31.9. The number of ether oxygens (including phenoxy) is 1. The standard InChI is InChI=1S/C11H15N3O2/c1-16-11(15)10-9(12-14-13-10)8-5-6-2-3-7(8)4-6/h6-8H,2-5H2,1H3,(H,12,13,14). The van der Waals surface area contributed by atoms with Gasteiger partial charge in [0.25, 0.3) is 0 Å². The number of nitrogens with zero attached hydrogens (tertiary/aromatic N) is 2. The summed E-state index contributed by atoms with van der Waals surface area (Å²) in [4.78, 5) is 11.5. The van der Waals surface area contributed by atoms with Crippen LogP contribution < -0.4 is 0 Å². The lowest BCUT2D eigenvalue weighted by Crippen LogP contribution is -2.14. The average molecular weight is 221 g/mol.